The standard InChI is InChI=1S/C20H13F4N5O2/c1-11-8-14(21)17(25-9-11)28-19(30)13-10-26-29-7-6-15(27-18(13)29)12-4-2-3-5-16(12)31-20(22,23)24/h2-10H,1H3,(H,25,28,30). The topological polar surface area (TPSA) is 81.4 Å². The van der Waals surface area contributed by atoms with Gasteiger partial charge in [-0.05, 0) is 36.8 Å². The molecule has 7 nitrogen and oxygen atoms in total. The molecule has 0 radical (unpaired) electrons. The first-order valence-electron chi connectivity index (χ1n) is 8.84. The number of anilines is 1. The van der Waals surface area contributed by atoms with Gasteiger partial charge >= 0.3 is 6.36 Å². The average Bonchev–Trinajstić information content (AvgIpc) is 3.12. The Labute approximate surface area is 172 Å². The first-order valence-corrected chi connectivity index (χ1v) is 8.84. The Morgan fingerprint density at radius 1 is 1.16 bits per heavy atom. The van der Waals surface area contributed by atoms with Crippen LogP contribution in [-0.2, 0) is 0 Å². The van der Waals surface area contributed by atoms with Gasteiger partial charge in [-0.15, -0.1) is 13.2 Å². The van der Waals surface area contributed by atoms with Crippen LogP contribution in [0.2, 0.25) is 0 Å². The molecule has 0 aliphatic rings. The molecule has 4 rings (SSSR count). The van der Waals surface area contributed by atoms with E-state index in [1.165, 1.54) is 53.4 Å². The molecule has 0 fully saturated rings. The van der Waals surface area contributed by atoms with Crippen molar-refractivity contribution in [3.63, 3.8) is 0 Å². The lowest BCUT2D eigenvalue weighted by Crippen LogP contribution is -2.17. The summed E-state index contributed by atoms with van der Waals surface area (Å²) in [4.78, 5) is 20.8. The molecule has 0 saturated carbocycles. The number of carbonyl (C=O) groups excluding carboxylic acids is 1. The molecule has 0 aliphatic carbocycles. The molecule has 31 heavy (non-hydrogen) atoms. The maximum atomic E-state index is 14.0. The number of hydrogen-bond acceptors (Lipinski definition) is 5. The van der Waals surface area contributed by atoms with E-state index in [1.54, 1.807) is 6.92 Å². The molecule has 1 aromatic carbocycles. The molecule has 1 amide bonds. The van der Waals surface area contributed by atoms with Crippen LogP contribution in [0, 0.1) is 12.7 Å². The lowest BCUT2D eigenvalue weighted by atomic mass is 10.1. The molecule has 0 unspecified atom stereocenters. The number of rotatable bonds is 4. The first-order chi connectivity index (χ1) is 14.7. The second-order valence-corrected chi connectivity index (χ2v) is 6.48. The van der Waals surface area contributed by atoms with Gasteiger partial charge in [0.05, 0.1) is 11.9 Å². The third kappa shape index (κ3) is 4.29. The summed E-state index contributed by atoms with van der Waals surface area (Å²) in [6, 6.07) is 8.13. The smallest absolute Gasteiger partial charge is 0.405 e. The lowest BCUT2D eigenvalue weighted by molar-refractivity contribution is -0.274. The molecule has 158 valence electrons. The number of amides is 1. The van der Waals surface area contributed by atoms with Crippen molar-refractivity contribution in [1.29, 1.82) is 0 Å². The highest BCUT2D eigenvalue weighted by Crippen LogP contribution is 2.33. The fourth-order valence-electron chi connectivity index (χ4n) is 2.87. The highest BCUT2D eigenvalue weighted by molar-refractivity contribution is 6.07. The van der Waals surface area contributed by atoms with Gasteiger partial charge in [-0.3, -0.25) is 4.79 Å². The van der Waals surface area contributed by atoms with Crippen molar-refractivity contribution in [2.24, 2.45) is 0 Å². The summed E-state index contributed by atoms with van der Waals surface area (Å²) in [5, 5.41) is 6.34. The van der Waals surface area contributed by atoms with Gasteiger partial charge in [0.1, 0.15) is 11.3 Å². The maximum Gasteiger partial charge on any atom is 0.573 e. The second-order valence-electron chi connectivity index (χ2n) is 6.48. The van der Waals surface area contributed by atoms with E-state index in [-0.39, 0.29) is 28.3 Å². The lowest BCUT2D eigenvalue weighted by Gasteiger charge is -2.13. The largest absolute Gasteiger partial charge is 0.573 e. The normalized spacial score (nSPS) is 11.5. The molecular weight excluding hydrogens is 418 g/mol. The van der Waals surface area contributed by atoms with Gasteiger partial charge < -0.3 is 10.1 Å². The minimum atomic E-state index is -4.88. The molecule has 3 aromatic heterocycles. The van der Waals surface area contributed by atoms with Crippen molar-refractivity contribution in [3.05, 3.63) is 71.9 Å². The predicted octanol–water partition coefficient (Wildman–Crippen LogP) is 4.39. The molecule has 0 spiro atoms. The Morgan fingerprint density at radius 3 is 2.68 bits per heavy atom. The van der Waals surface area contributed by atoms with Crippen molar-refractivity contribution < 1.29 is 27.1 Å². The Kier molecular flexibility index (Phi) is 5.01. The Hall–Kier alpha value is -4.02. The molecule has 0 aliphatic heterocycles. The van der Waals surface area contributed by atoms with Gasteiger partial charge in [0, 0.05) is 18.0 Å². The molecular formula is C20H13F4N5O2. The number of nitrogens with one attached hydrogen (secondary N) is 1. The van der Waals surface area contributed by atoms with Crippen LogP contribution in [-0.4, -0.2) is 31.9 Å². The molecule has 0 bridgehead atoms. The van der Waals surface area contributed by atoms with Crippen LogP contribution in [0.15, 0.2) is 55.0 Å². The average molecular weight is 431 g/mol. The summed E-state index contributed by atoms with van der Waals surface area (Å²) >= 11 is 0. The van der Waals surface area contributed by atoms with Crippen LogP contribution in [0.25, 0.3) is 16.9 Å². The molecule has 1 N–H and O–H groups in total. The van der Waals surface area contributed by atoms with E-state index in [0.717, 1.165) is 6.07 Å². The van der Waals surface area contributed by atoms with E-state index in [4.69, 9.17) is 0 Å². The van der Waals surface area contributed by atoms with Crippen molar-refractivity contribution in [1.82, 2.24) is 19.6 Å². The molecule has 3 heterocycles. The molecule has 4 aromatic rings. The monoisotopic (exact) mass is 431 g/mol. The van der Waals surface area contributed by atoms with Gasteiger partial charge in [-0.25, -0.2) is 18.9 Å². The predicted molar refractivity (Wildman–Crippen MR) is 102 cm³/mol. The van der Waals surface area contributed by atoms with Gasteiger partial charge in [-0.2, -0.15) is 5.10 Å². The Balaban J connectivity index is 1.71. The van der Waals surface area contributed by atoms with E-state index in [9.17, 15) is 22.4 Å². The summed E-state index contributed by atoms with van der Waals surface area (Å²) in [5.41, 5.74) is 0.822. The summed E-state index contributed by atoms with van der Waals surface area (Å²) in [6.07, 6.45) is -0.842. The zero-order valence-corrected chi connectivity index (χ0v) is 15.8. The number of hydrogen-bond donors (Lipinski definition) is 1. The number of carbonyl (C=O) groups is 1. The van der Waals surface area contributed by atoms with Crippen LogP contribution in [0.4, 0.5) is 23.4 Å². The van der Waals surface area contributed by atoms with Gasteiger partial charge in [-0.1, -0.05) is 12.1 Å². The summed E-state index contributed by atoms with van der Waals surface area (Å²) in [6.45, 7) is 1.65. The SMILES string of the molecule is Cc1cnc(NC(=O)c2cnn3ccc(-c4ccccc4OC(F)(F)F)nc23)c(F)c1. The highest BCUT2D eigenvalue weighted by atomic mass is 19.4. The zero-order valence-electron chi connectivity index (χ0n) is 15.8. The Bertz CT molecular complexity index is 1290. The van der Waals surface area contributed by atoms with Crippen LogP contribution >= 0.6 is 0 Å². The van der Waals surface area contributed by atoms with E-state index in [0.29, 0.717) is 5.56 Å². The van der Waals surface area contributed by atoms with Crippen LogP contribution < -0.4 is 10.1 Å². The number of fused-ring (bicyclic) bond motifs is 1. The fraction of sp³-hybridized carbons (Fsp3) is 0.100. The number of aryl methyl sites for hydroxylation is 1. The van der Waals surface area contributed by atoms with Crippen molar-refractivity contribution in [2.45, 2.75) is 13.3 Å². The molecule has 11 heteroatoms. The fourth-order valence-corrected chi connectivity index (χ4v) is 2.87. The number of halogens is 4. The van der Waals surface area contributed by atoms with Gasteiger partial charge in [0.15, 0.2) is 17.3 Å². The number of nitrogens with zero attached hydrogens (tertiary/aromatic N) is 4. The van der Waals surface area contributed by atoms with E-state index >= 15 is 0 Å². The van der Waals surface area contributed by atoms with Crippen LogP contribution in [0.3, 0.4) is 0 Å². The molecule has 0 atom stereocenters. The maximum absolute atomic E-state index is 14.0. The number of para-hydroxylation sites is 1. The van der Waals surface area contributed by atoms with E-state index < -0.39 is 23.8 Å². The summed E-state index contributed by atoms with van der Waals surface area (Å²) in [5.74, 6) is -2.15. The number of alkyl halides is 3. The number of aromatic nitrogens is 4. The van der Waals surface area contributed by atoms with E-state index in [2.05, 4.69) is 25.1 Å². The van der Waals surface area contributed by atoms with Gasteiger partial charge in [0.25, 0.3) is 5.91 Å². The van der Waals surface area contributed by atoms with Crippen LogP contribution in [0.1, 0.15) is 15.9 Å². The second kappa shape index (κ2) is 7.67. The number of benzene rings is 1. The van der Waals surface area contributed by atoms with Crippen LogP contribution in [0.5, 0.6) is 5.75 Å². The van der Waals surface area contributed by atoms with Gasteiger partial charge in [0.2, 0.25) is 0 Å². The van der Waals surface area contributed by atoms with E-state index in [1.807, 2.05) is 0 Å². The highest BCUT2D eigenvalue weighted by Gasteiger charge is 2.32. The molecule has 0 saturated heterocycles. The third-order valence-corrected chi connectivity index (χ3v) is 4.21. The Morgan fingerprint density at radius 2 is 1.94 bits per heavy atom. The minimum absolute atomic E-state index is 0.0159. The van der Waals surface area contributed by atoms with Crippen molar-refractivity contribution in [3.8, 4) is 17.0 Å². The van der Waals surface area contributed by atoms with Crippen molar-refractivity contribution in [2.75, 3.05) is 5.32 Å². The summed E-state index contributed by atoms with van der Waals surface area (Å²) in [7, 11) is 0. The summed E-state index contributed by atoms with van der Waals surface area (Å²) < 4.78 is 57.5. The third-order valence-electron chi connectivity index (χ3n) is 4.21. The number of pyridine rings is 1. The number of ether oxygens (including phenoxy) is 1. The first kappa shape index (κ1) is 20.3. The zero-order chi connectivity index (χ0) is 22.2. The quantitative estimate of drug-likeness (QED) is 0.485. The van der Waals surface area contributed by atoms with Crippen molar-refractivity contribution >= 4 is 17.4 Å². The minimum Gasteiger partial charge on any atom is -0.405 e.